The summed E-state index contributed by atoms with van der Waals surface area (Å²) in [5.41, 5.74) is 0.908. The molecule has 0 radical (unpaired) electrons. The van der Waals surface area contributed by atoms with Gasteiger partial charge in [-0.3, -0.25) is 4.79 Å². The third-order valence-electron chi connectivity index (χ3n) is 2.74. The third-order valence-corrected chi connectivity index (χ3v) is 2.74. The van der Waals surface area contributed by atoms with Crippen LogP contribution in [0.2, 0.25) is 0 Å². The predicted octanol–water partition coefficient (Wildman–Crippen LogP) is 2.76. The average Bonchev–Trinajstić information content (AvgIpc) is 2.37. The molecular formula is C14H17FN2O. The monoisotopic (exact) mass is 248 g/mol. The molecule has 0 N–H and O–H groups in total. The fraction of sp³-hybridized carbons (Fsp3) is 0.429. The Labute approximate surface area is 107 Å². The summed E-state index contributed by atoms with van der Waals surface area (Å²) in [6, 6.07) is 6.53. The van der Waals surface area contributed by atoms with Gasteiger partial charge in [0, 0.05) is 13.1 Å². The van der Waals surface area contributed by atoms with Crippen molar-refractivity contribution in [1.29, 1.82) is 5.26 Å². The van der Waals surface area contributed by atoms with Crippen LogP contribution in [0.1, 0.15) is 29.8 Å². The Hall–Kier alpha value is -1.89. The highest BCUT2D eigenvalue weighted by molar-refractivity contribution is 5.94. The Bertz CT molecular complexity index is 479. The van der Waals surface area contributed by atoms with Gasteiger partial charge in [-0.25, -0.2) is 4.39 Å². The molecule has 0 heterocycles. The molecule has 0 saturated carbocycles. The standard InChI is InChI=1S/C14H17FN2O/c1-4-17(9-11(3)8-16)14(18)12-7-10(2)5-6-13(12)15/h5-7,11H,4,9H2,1-3H3. The fourth-order valence-corrected chi connectivity index (χ4v) is 1.70. The number of hydrogen-bond donors (Lipinski definition) is 0. The molecule has 0 bridgehead atoms. The number of carbonyl (C=O) groups excluding carboxylic acids is 1. The van der Waals surface area contributed by atoms with Crippen molar-refractivity contribution >= 4 is 5.91 Å². The first-order valence-electron chi connectivity index (χ1n) is 5.94. The highest BCUT2D eigenvalue weighted by Crippen LogP contribution is 2.13. The minimum atomic E-state index is -0.520. The van der Waals surface area contributed by atoms with Crippen LogP contribution in [0.4, 0.5) is 4.39 Å². The lowest BCUT2D eigenvalue weighted by Gasteiger charge is -2.22. The highest BCUT2D eigenvalue weighted by atomic mass is 19.1. The van der Waals surface area contributed by atoms with E-state index < -0.39 is 5.82 Å². The van der Waals surface area contributed by atoms with Crippen LogP contribution in [0.25, 0.3) is 0 Å². The predicted molar refractivity (Wildman–Crippen MR) is 67.5 cm³/mol. The maximum absolute atomic E-state index is 13.6. The number of carbonyl (C=O) groups is 1. The zero-order valence-corrected chi connectivity index (χ0v) is 10.9. The second-order valence-corrected chi connectivity index (χ2v) is 4.36. The molecule has 1 atom stereocenters. The van der Waals surface area contributed by atoms with E-state index in [-0.39, 0.29) is 17.4 Å². The summed E-state index contributed by atoms with van der Waals surface area (Å²) < 4.78 is 13.6. The van der Waals surface area contributed by atoms with Gasteiger partial charge in [-0.2, -0.15) is 5.26 Å². The number of rotatable bonds is 4. The van der Waals surface area contributed by atoms with Crippen LogP contribution in [-0.4, -0.2) is 23.9 Å². The normalized spacial score (nSPS) is 11.7. The van der Waals surface area contributed by atoms with E-state index >= 15 is 0 Å². The molecular weight excluding hydrogens is 231 g/mol. The van der Waals surface area contributed by atoms with E-state index in [1.54, 1.807) is 13.0 Å². The highest BCUT2D eigenvalue weighted by Gasteiger charge is 2.19. The van der Waals surface area contributed by atoms with E-state index in [9.17, 15) is 9.18 Å². The molecule has 0 aliphatic rings. The molecule has 0 aromatic heterocycles. The van der Waals surface area contributed by atoms with Crippen molar-refractivity contribution in [3.05, 3.63) is 35.1 Å². The Kier molecular flexibility index (Phi) is 4.85. The molecule has 0 fully saturated rings. The molecule has 0 spiro atoms. The molecule has 1 unspecified atom stereocenters. The number of nitrogens with zero attached hydrogens (tertiary/aromatic N) is 2. The van der Waals surface area contributed by atoms with Crippen molar-refractivity contribution in [2.24, 2.45) is 5.92 Å². The van der Waals surface area contributed by atoms with Crippen LogP contribution in [0.5, 0.6) is 0 Å². The van der Waals surface area contributed by atoms with Gasteiger partial charge in [0.15, 0.2) is 0 Å². The zero-order valence-electron chi connectivity index (χ0n) is 10.9. The summed E-state index contributed by atoms with van der Waals surface area (Å²) in [5.74, 6) is -1.14. The Morgan fingerprint density at radius 2 is 2.22 bits per heavy atom. The van der Waals surface area contributed by atoms with Crippen LogP contribution in [0, 0.1) is 30.0 Å². The van der Waals surface area contributed by atoms with Crippen LogP contribution in [0.15, 0.2) is 18.2 Å². The van der Waals surface area contributed by atoms with Gasteiger partial charge in [-0.1, -0.05) is 11.6 Å². The van der Waals surface area contributed by atoms with Gasteiger partial charge in [0.2, 0.25) is 0 Å². The van der Waals surface area contributed by atoms with E-state index in [0.29, 0.717) is 13.1 Å². The molecule has 1 aromatic carbocycles. The molecule has 1 rings (SSSR count). The lowest BCUT2D eigenvalue weighted by atomic mass is 10.1. The second kappa shape index (κ2) is 6.15. The van der Waals surface area contributed by atoms with Crippen molar-refractivity contribution in [2.45, 2.75) is 20.8 Å². The lowest BCUT2D eigenvalue weighted by molar-refractivity contribution is 0.0748. The number of aryl methyl sites for hydroxylation is 1. The maximum atomic E-state index is 13.6. The van der Waals surface area contributed by atoms with E-state index in [4.69, 9.17) is 5.26 Å². The first kappa shape index (κ1) is 14.2. The topological polar surface area (TPSA) is 44.1 Å². The summed E-state index contributed by atoms with van der Waals surface area (Å²) in [4.78, 5) is 13.7. The zero-order chi connectivity index (χ0) is 13.7. The van der Waals surface area contributed by atoms with Gasteiger partial charge < -0.3 is 4.90 Å². The largest absolute Gasteiger partial charge is 0.338 e. The molecule has 1 amide bonds. The number of halogens is 1. The van der Waals surface area contributed by atoms with Gasteiger partial charge in [0.1, 0.15) is 5.82 Å². The van der Waals surface area contributed by atoms with Gasteiger partial charge in [-0.05, 0) is 32.9 Å². The fourth-order valence-electron chi connectivity index (χ4n) is 1.70. The Morgan fingerprint density at radius 3 is 2.78 bits per heavy atom. The lowest BCUT2D eigenvalue weighted by Crippen LogP contribution is -2.34. The van der Waals surface area contributed by atoms with Gasteiger partial charge >= 0.3 is 0 Å². The molecule has 4 heteroatoms. The van der Waals surface area contributed by atoms with Crippen LogP contribution >= 0.6 is 0 Å². The third kappa shape index (κ3) is 3.30. The smallest absolute Gasteiger partial charge is 0.256 e. The first-order valence-corrected chi connectivity index (χ1v) is 5.94. The van der Waals surface area contributed by atoms with E-state index in [1.165, 1.54) is 17.0 Å². The number of amides is 1. The van der Waals surface area contributed by atoms with Gasteiger partial charge in [-0.15, -0.1) is 0 Å². The van der Waals surface area contributed by atoms with Crippen molar-refractivity contribution in [1.82, 2.24) is 4.90 Å². The number of hydrogen-bond acceptors (Lipinski definition) is 2. The second-order valence-electron chi connectivity index (χ2n) is 4.36. The quantitative estimate of drug-likeness (QED) is 0.822. The van der Waals surface area contributed by atoms with Crippen LogP contribution < -0.4 is 0 Å². The summed E-state index contributed by atoms with van der Waals surface area (Å²) in [5, 5.41) is 8.77. The minimum absolute atomic E-state index is 0.0713. The van der Waals surface area contributed by atoms with Crippen molar-refractivity contribution in [2.75, 3.05) is 13.1 Å². The number of benzene rings is 1. The maximum Gasteiger partial charge on any atom is 0.256 e. The van der Waals surface area contributed by atoms with E-state index in [0.717, 1.165) is 5.56 Å². The van der Waals surface area contributed by atoms with Crippen LogP contribution in [-0.2, 0) is 0 Å². The van der Waals surface area contributed by atoms with Crippen molar-refractivity contribution in [3.63, 3.8) is 0 Å². The summed E-state index contributed by atoms with van der Waals surface area (Å²) in [6.07, 6.45) is 0. The molecule has 0 aliphatic carbocycles. The summed E-state index contributed by atoms with van der Waals surface area (Å²) in [6.45, 7) is 6.14. The van der Waals surface area contributed by atoms with E-state index in [1.807, 2.05) is 13.8 Å². The molecule has 0 saturated heterocycles. The Morgan fingerprint density at radius 1 is 1.56 bits per heavy atom. The van der Waals surface area contributed by atoms with Gasteiger partial charge in [0.25, 0.3) is 5.91 Å². The molecule has 96 valence electrons. The molecule has 0 aliphatic heterocycles. The molecule has 1 aromatic rings. The van der Waals surface area contributed by atoms with Crippen molar-refractivity contribution in [3.8, 4) is 6.07 Å². The minimum Gasteiger partial charge on any atom is -0.338 e. The average molecular weight is 248 g/mol. The molecule has 3 nitrogen and oxygen atoms in total. The SMILES string of the molecule is CCN(CC(C)C#N)C(=O)c1cc(C)ccc1F. The van der Waals surface area contributed by atoms with Gasteiger partial charge in [0.05, 0.1) is 17.6 Å². The van der Waals surface area contributed by atoms with E-state index in [2.05, 4.69) is 6.07 Å². The number of nitriles is 1. The van der Waals surface area contributed by atoms with Crippen molar-refractivity contribution < 1.29 is 9.18 Å². The Balaban J connectivity index is 2.97. The summed E-state index contributed by atoms with van der Waals surface area (Å²) >= 11 is 0. The summed E-state index contributed by atoms with van der Waals surface area (Å²) in [7, 11) is 0. The van der Waals surface area contributed by atoms with Crippen LogP contribution in [0.3, 0.4) is 0 Å². The molecule has 18 heavy (non-hydrogen) atoms. The first-order chi connectivity index (χ1) is 8.49.